The zero-order valence-electron chi connectivity index (χ0n) is 8.48. The smallest absolute Gasteiger partial charge is 0.0318 e. The van der Waals surface area contributed by atoms with Crippen LogP contribution in [0, 0.1) is 5.41 Å². The Kier molecular flexibility index (Phi) is 3.39. The Bertz CT molecular complexity index is 192. The molecule has 0 spiro atoms. The van der Waals surface area contributed by atoms with Gasteiger partial charge in [-0.15, -0.1) is 12.4 Å². The van der Waals surface area contributed by atoms with Crippen LogP contribution in [0.2, 0.25) is 0 Å². The summed E-state index contributed by atoms with van der Waals surface area (Å²) in [5, 5.41) is 0. The van der Waals surface area contributed by atoms with Crippen LogP contribution in [0.5, 0.6) is 0 Å². The molecular weight excluding hydrogens is 170 g/mol. The highest BCUT2D eigenvalue weighted by Gasteiger charge is 2.31. The number of allylic oxidation sites excluding steroid dienone is 1. The Morgan fingerprint density at radius 3 is 2.17 bits per heavy atom. The summed E-state index contributed by atoms with van der Waals surface area (Å²) in [4.78, 5) is 0. The van der Waals surface area contributed by atoms with E-state index in [1.165, 1.54) is 12.0 Å². The van der Waals surface area contributed by atoms with Gasteiger partial charge in [-0.1, -0.05) is 25.5 Å². The van der Waals surface area contributed by atoms with Crippen LogP contribution in [-0.4, -0.2) is 5.54 Å². The molecule has 0 aliphatic heterocycles. The molecule has 2 N–H and O–H groups in total. The van der Waals surface area contributed by atoms with Crippen molar-refractivity contribution >= 4 is 12.4 Å². The van der Waals surface area contributed by atoms with Gasteiger partial charge in [0.15, 0.2) is 0 Å². The van der Waals surface area contributed by atoms with E-state index in [1.54, 1.807) is 0 Å². The number of halogens is 1. The first-order chi connectivity index (χ1) is 4.81. The summed E-state index contributed by atoms with van der Waals surface area (Å²) in [6.07, 6.45) is 4.50. The van der Waals surface area contributed by atoms with Crippen LogP contribution in [0.4, 0.5) is 0 Å². The topological polar surface area (TPSA) is 26.0 Å². The van der Waals surface area contributed by atoms with Crippen molar-refractivity contribution in [1.29, 1.82) is 0 Å². The van der Waals surface area contributed by atoms with Gasteiger partial charge in [0.05, 0.1) is 0 Å². The molecule has 1 aliphatic carbocycles. The lowest BCUT2D eigenvalue weighted by atomic mass is 9.71. The van der Waals surface area contributed by atoms with Crippen molar-refractivity contribution in [1.82, 2.24) is 0 Å². The van der Waals surface area contributed by atoms with Gasteiger partial charge in [0.1, 0.15) is 0 Å². The minimum absolute atomic E-state index is 0. The molecule has 0 aromatic rings. The lowest BCUT2D eigenvalue weighted by molar-refractivity contribution is 0.255. The molecule has 1 unspecified atom stereocenters. The quantitative estimate of drug-likeness (QED) is 0.583. The van der Waals surface area contributed by atoms with E-state index in [0.717, 1.165) is 6.42 Å². The van der Waals surface area contributed by atoms with Crippen LogP contribution in [0.3, 0.4) is 0 Å². The monoisotopic (exact) mass is 189 g/mol. The van der Waals surface area contributed by atoms with Gasteiger partial charge in [0.2, 0.25) is 0 Å². The van der Waals surface area contributed by atoms with Gasteiger partial charge in [-0.3, -0.25) is 0 Å². The second kappa shape index (κ2) is 3.39. The Hall–Kier alpha value is -0.0100. The summed E-state index contributed by atoms with van der Waals surface area (Å²) in [6.45, 7) is 8.85. The van der Waals surface area contributed by atoms with E-state index in [0.29, 0.717) is 5.41 Å². The maximum Gasteiger partial charge on any atom is 0.0318 e. The first-order valence-corrected chi connectivity index (χ1v) is 4.28. The van der Waals surface area contributed by atoms with E-state index in [2.05, 4.69) is 33.8 Å². The predicted molar refractivity (Wildman–Crippen MR) is 56.6 cm³/mol. The number of hydrogen-bond acceptors (Lipinski definition) is 1. The summed E-state index contributed by atoms with van der Waals surface area (Å²) >= 11 is 0. The van der Waals surface area contributed by atoms with Crippen molar-refractivity contribution in [2.75, 3.05) is 0 Å². The average Bonchev–Trinajstić information content (AvgIpc) is 1.49. The molecule has 0 saturated heterocycles. The van der Waals surface area contributed by atoms with Crippen molar-refractivity contribution in [3.05, 3.63) is 11.6 Å². The number of hydrogen-bond donors (Lipinski definition) is 1. The second-order valence-electron chi connectivity index (χ2n) is 5.01. The molecule has 72 valence electrons. The lowest BCUT2D eigenvalue weighted by Gasteiger charge is -2.38. The predicted octanol–water partition coefficient (Wildman–Crippen LogP) is 2.89. The van der Waals surface area contributed by atoms with Gasteiger partial charge in [-0.05, 0) is 32.1 Å². The van der Waals surface area contributed by atoms with Crippen molar-refractivity contribution in [2.45, 2.75) is 46.1 Å². The number of nitrogens with two attached hydrogens (primary N) is 1. The van der Waals surface area contributed by atoms with Gasteiger partial charge in [-0.2, -0.15) is 0 Å². The van der Waals surface area contributed by atoms with Crippen LogP contribution in [0.25, 0.3) is 0 Å². The number of rotatable bonds is 0. The SMILES string of the molecule is CC1=CC(C)(N)CC(C)(C)C1.Cl. The molecule has 1 rings (SSSR count). The molecule has 1 aliphatic rings. The van der Waals surface area contributed by atoms with E-state index < -0.39 is 0 Å². The van der Waals surface area contributed by atoms with Crippen LogP contribution < -0.4 is 5.73 Å². The highest BCUT2D eigenvalue weighted by molar-refractivity contribution is 5.85. The third-order valence-corrected chi connectivity index (χ3v) is 2.19. The van der Waals surface area contributed by atoms with Gasteiger partial charge in [0, 0.05) is 5.54 Å². The molecule has 1 nitrogen and oxygen atoms in total. The Labute approximate surface area is 81.8 Å². The zero-order valence-corrected chi connectivity index (χ0v) is 9.29. The Balaban J connectivity index is 0.00000121. The third-order valence-electron chi connectivity index (χ3n) is 2.19. The van der Waals surface area contributed by atoms with E-state index in [-0.39, 0.29) is 17.9 Å². The zero-order chi connectivity index (χ0) is 8.70. The molecule has 0 aromatic heterocycles. The molecule has 0 radical (unpaired) electrons. The van der Waals surface area contributed by atoms with Gasteiger partial charge in [-0.25, -0.2) is 0 Å². The first kappa shape index (κ1) is 12.0. The largest absolute Gasteiger partial charge is 0.322 e. The molecule has 0 fully saturated rings. The standard InChI is InChI=1S/C10H19N.ClH/c1-8-5-9(2,3)7-10(4,11)6-8;/h6H,5,7,11H2,1-4H3;1H. The van der Waals surface area contributed by atoms with Crippen LogP contribution in [0.1, 0.15) is 40.5 Å². The molecule has 0 bridgehead atoms. The molecule has 12 heavy (non-hydrogen) atoms. The normalized spacial score (nSPS) is 33.6. The lowest BCUT2D eigenvalue weighted by Crippen LogP contribution is -2.41. The molecule has 2 heteroatoms. The van der Waals surface area contributed by atoms with Crippen molar-refractivity contribution in [3.8, 4) is 0 Å². The summed E-state index contributed by atoms with van der Waals surface area (Å²) in [6, 6.07) is 0. The fourth-order valence-corrected chi connectivity index (χ4v) is 2.51. The van der Waals surface area contributed by atoms with Gasteiger partial charge < -0.3 is 5.73 Å². The molecule has 0 heterocycles. The third kappa shape index (κ3) is 3.16. The van der Waals surface area contributed by atoms with E-state index in [1.807, 2.05) is 0 Å². The molecular formula is C10H20ClN. The molecule has 0 amide bonds. The van der Waals surface area contributed by atoms with Gasteiger partial charge in [0.25, 0.3) is 0 Å². The summed E-state index contributed by atoms with van der Waals surface area (Å²) in [5.74, 6) is 0. The Morgan fingerprint density at radius 2 is 1.83 bits per heavy atom. The summed E-state index contributed by atoms with van der Waals surface area (Å²) < 4.78 is 0. The van der Waals surface area contributed by atoms with Crippen molar-refractivity contribution in [2.24, 2.45) is 11.1 Å². The minimum Gasteiger partial charge on any atom is -0.322 e. The fraction of sp³-hybridized carbons (Fsp3) is 0.800. The van der Waals surface area contributed by atoms with E-state index in [4.69, 9.17) is 5.73 Å². The van der Waals surface area contributed by atoms with E-state index in [9.17, 15) is 0 Å². The maximum absolute atomic E-state index is 6.07. The molecule has 0 saturated carbocycles. The van der Waals surface area contributed by atoms with E-state index >= 15 is 0 Å². The Morgan fingerprint density at radius 1 is 1.33 bits per heavy atom. The van der Waals surface area contributed by atoms with Crippen LogP contribution in [0.15, 0.2) is 11.6 Å². The van der Waals surface area contributed by atoms with Crippen molar-refractivity contribution in [3.63, 3.8) is 0 Å². The summed E-state index contributed by atoms with van der Waals surface area (Å²) in [7, 11) is 0. The highest BCUT2D eigenvalue weighted by atomic mass is 35.5. The minimum atomic E-state index is -0.0775. The molecule has 0 aromatic carbocycles. The summed E-state index contributed by atoms with van der Waals surface area (Å²) in [5.41, 5.74) is 7.82. The van der Waals surface area contributed by atoms with Crippen molar-refractivity contribution < 1.29 is 0 Å². The highest BCUT2D eigenvalue weighted by Crippen LogP contribution is 2.38. The molecule has 1 atom stereocenters. The second-order valence-corrected chi connectivity index (χ2v) is 5.01. The average molecular weight is 190 g/mol. The maximum atomic E-state index is 6.07. The van der Waals surface area contributed by atoms with Crippen LogP contribution in [-0.2, 0) is 0 Å². The van der Waals surface area contributed by atoms with Crippen LogP contribution >= 0.6 is 12.4 Å². The first-order valence-electron chi connectivity index (χ1n) is 4.28. The van der Waals surface area contributed by atoms with Gasteiger partial charge >= 0.3 is 0 Å². The fourth-order valence-electron chi connectivity index (χ4n) is 2.51.